The maximum absolute atomic E-state index is 12.5. The van der Waals surface area contributed by atoms with Crippen molar-refractivity contribution >= 4 is 11.9 Å². The molecule has 440 valence electrons. The maximum atomic E-state index is 12.5. The molecule has 0 radical (unpaired) electrons. The minimum absolute atomic E-state index is 0.00197. The summed E-state index contributed by atoms with van der Waals surface area (Å²) in [6, 6.07) is -0.627. The van der Waals surface area contributed by atoms with Gasteiger partial charge >= 0.3 is 5.97 Å². The van der Waals surface area contributed by atoms with Crippen molar-refractivity contribution in [3.8, 4) is 0 Å². The predicted octanol–water partition coefficient (Wildman–Crippen LogP) is 21.3. The van der Waals surface area contributed by atoms with Gasteiger partial charge in [0, 0.05) is 12.8 Å². The first-order valence-electron chi connectivity index (χ1n) is 33.4. The van der Waals surface area contributed by atoms with Crippen LogP contribution in [-0.2, 0) is 14.3 Å². The highest BCUT2D eigenvalue weighted by Gasteiger charge is 2.18. The van der Waals surface area contributed by atoms with Gasteiger partial charge in [0.2, 0.25) is 5.91 Å². The van der Waals surface area contributed by atoms with Crippen LogP contribution in [0.5, 0.6) is 0 Å². The molecule has 0 aliphatic heterocycles. The SMILES string of the molecule is CCCCC/C=C\C/C=C\CCCCCCCC(=O)OCCCCCCCCCCCCCC/C=C\CCCCCCCCCCCCCCCC(=O)NC(CO)C(O)/C=C/CCCCCCCCCCCCCC. The number of unbranched alkanes of at least 4 members (excludes halogenated alkanes) is 45. The topological polar surface area (TPSA) is 95.9 Å². The van der Waals surface area contributed by atoms with E-state index in [-0.39, 0.29) is 18.5 Å². The zero-order chi connectivity index (χ0) is 54.3. The number of esters is 1. The predicted molar refractivity (Wildman–Crippen MR) is 329 cm³/mol. The fourth-order valence-electron chi connectivity index (χ4n) is 10.2. The summed E-state index contributed by atoms with van der Waals surface area (Å²) < 4.78 is 5.48. The molecule has 2 unspecified atom stereocenters. The minimum Gasteiger partial charge on any atom is -0.466 e. The molecule has 0 rings (SSSR count). The molecule has 75 heavy (non-hydrogen) atoms. The quantitative estimate of drug-likeness (QED) is 0.0320. The smallest absolute Gasteiger partial charge is 0.305 e. The van der Waals surface area contributed by atoms with Crippen LogP contribution in [0.25, 0.3) is 0 Å². The Hall–Kier alpha value is -2.18. The highest BCUT2D eigenvalue weighted by atomic mass is 16.5. The van der Waals surface area contributed by atoms with E-state index in [0.717, 1.165) is 51.4 Å². The zero-order valence-electron chi connectivity index (χ0n) is 50.3. The van der Waals surface area contributed by atoms with Gasteiger partial charge in [-0.2, -0.15) is 0 Å². The van der Waals surface area contributed by atoms with Crippen LogP contribution in [-0.4, -0.2) is 47.4 Å². The van der Waals surface area contributed by atoms with Crippen LogP contribution in [0.3, 0.4) is 0 Å². The molecule has 0 saturated carbocycles. The maximum Gasteiger partial charge on any atom is 0.305 e. The molecule has 0 spiro atoms. The lowest BCUT2D eigenvalue weighted by atomic mass is 10.0. The van der Waals surface area contributed by atoms with Gasteiger partial charge in [0.25, 0.3) is 0 Å². The van der Waals surface area contributed by atoms with Crippen molar-refractivity contribution in [2.45, 2.75) is 366 Å². The van der Waals surface area contributed by atoms with Gasteiger partial charge < -0.3 is 20.3 Å². The third kappa shape index (κ3) is 60.9. The van der Waals surface area contributed by atoms with Crippen LogP contribution in [0.2, 0.25) is 0 Å². The summed E-state index contributed by atoms with van der Waals surface area (Å²) in [4.78, 5) is 24.5. The number of carbonyl (C=O) groups is 2. The summed E-state index contributed by atoms with van der Waals surface area (Å²) in [7, 11) is 0. The number of hydrogen-bond donors (Lipinski definition) is 3. The second-order valence-electron chi connectivity index (χ2n) is 22.8. The highest BCUT2D eigenvalue weighted by Crippen LogP contribution is 2.17. The number of carbonyl (C=O) groups excluding carboxylic acids is 2. The molecule has 6 nitrogen and oxygen atoms in total. The van der Waals surface area contributed by atoms with Crippen molar-refractivity contribution in [2.75, 3.05) is 13.2 Å². The number of aliphatic hydroxyl groups excluding tert-OH is 2. The van der Waals surface area contributed by atoms with E-state index >= 15 is 0 Å². The van der Waals surface area contributed by atoms with Gasteiger partial charge in [-0.05, 0) is 89.9 Å². The lowest BCUT2D eigenvalue weighted by Crippen LogP contribution is -2.45. The van der Waals surface area contributed by atoms with Gasteiger partial charge in [0.15, 0.2) is 0 Å². The Morgan fingerprint density at radius 1 is 0.373 bits per heavy atom. The van der Waals surface area contributed by atoms with E-state index in [1.54, 1.807) is 6.08 Å². The van der Waals surface area contributed by atoms with Gasteiger partial charge in [-0.15, -0.1) is 0 Å². The fraction of sp³-hybridized carbons (Fsp3) is 0.855. The molecule has 0 aromatic rings. The van der Waals surface area contributed by atoms with Crippen molar-refractivity contribution in [3.63, 3.8) is 0 Å². The molecule has 2 atom stereocenters. The summed E-state index contributed by atoms with van der Waals surface area (Å²) in [5, 5.41) is 23.1. The summed E-state index contributed by atoms with van der Waals surface area (Å²) in [5.41, 5.74) is 0. The Morgan fingerprint density at radius 2 is 0.667 bits per heavy atom. The molecular weight excluding hydrogens is 923 g/mol. The summed E-state index contributed by atoms with van der Waals surface area (Å²) in [6.07, 6.45) is 83.2. The van der Waals surface area contributed by atoms with Crippen LogP contribution in [0, 0.1) is 0 Å². The number of allylic oxidation sites excluding steroid dienone is 7. The summed E-state index contributed by atoms with van der Waals surface area (Å²) >= 11 is 0. The van der Waals surface area contributed by atoms with Crippen LogP contribution in [0.15, 0.2) is 48.6 Å². The van der Waals surface area contributed by atoms with Gasteiger partial charge in [-0.3, -0.25) is 9.59 Å². The second kappa shape index (κ2) is 64.3. The van der Waals surface area contributed by atoms with Gasteiger partial charge in [0.1, 0.15) is 0 Å². The van der Waals surface area contributed by atoms with Crippen molar-refractivity contribution < 1.29 is 24.5 Å². The number of rotatable bonds is 62. The summed E-state index contributed by atoms with van der Waals surface area (Å²) in [6.45, 7) is 4.88. The van der Waals surface area contributed by atoms with E-state index in [1.165, 1.54) is 276 Å². The van der Waals surface area contributed by atoms with Crippen molar-refractivity contribution in [3.05, 3.63) is 48.6 Å². The number of hydrogen-bond acceptors (Lipinski definition) is 5. The van der Waals surface area contributed by atoms with Crippen molar-refractivity contribution in [2.24, 2.45) is 0 Å². The normalized spacial score (nSPS) is 12.9. The number of aliphatic hydroxyl groups is 2. The largest absolute Gasteiger partial charge is 0.466 e. The molecule has 0 aromatic carbocycles. The van der Waals surface area contributed by atoms with Crippen LogP contribution >= 0.6 is 0 Å². The average Bonchev–Trinajstić information content (AvgIpc) is 3.41. The molecule has 0 aromatic heterocycles. The Labute approximate surface area is 467 Å². The molecule has 0 heterocycles. The molecule has 6 heteroatoms. The van der Waals surface area contributed by atoms with E-state index in [2.05, 4.69) is 55.6 Å². The number of nitrogens with one attached hydrogen (secondary N) is 1. The summed E-state index contributed by atoms with van der Waals surface area (Å²) in [5.74, 6) is -0.0644. The van der Waals surface area contributed by atoms with Gasteiger partial charge in [-0.1, -0.05) is 300 Å². The van der Waals surface area contributed by atoms with Crippen molar-refractivity contribution in [1.29, 1.82) is 0 Å². The average molecular weight is 1050 g/mol. The Bertz CT molecular complexity index is 1260. The van der Waals surface area contributed by atoms with E-state index < -0.39 is 12.1 Å². The van der Waals surface area contributed by atoms with E-state index in [4.69, 9.17) is 4.74 Å². The zero-order valence-corrected chi connectivity index (χ0v) is 50.3. The Kier molecular flexibility index (Phi) is 62.5. The van der Waals surface area contributed by atoms with Crippen LogP contribution in [0.4, 0.5) is 0 Å². The van der Waals surface area contributed by atoms with Gasteiger partial charge in [-0.25, -0.2) is 0 Å². The van der Waals surface area contributed by atoms with E-state index in [1.807, 2.05) is 6.08 Å². The van der Waals surface area contributed by atoms with Gasteiger partial charge in [0.05, 0.1) is 25.4 Å². The molecule has 1 amide bonds. The minimum atomic E-state index is -0.844. The highest BCUT2D eigenvalue weighted by molar-refractivity contribution is 5.76. The number of amides is 1. The first-order valence-corrected chi connectivity index (χ1v) is 33.4. The molecule has 0 aliphatic rings. The van der Waals surface area contributed by atoms with E-state index in [0.29, 0.717) is 19.4 Å². The lowest BCUT2D eigenvalue weighted by Gasteiger charge is -2.20. The monoisotopic (exact) mass is 1050 g/mol. The Balaban J connectivity index is 3.39. The first-order chi connectivity index (χ1) is 37.0. The van der Waals surface area contributed by atoms with E-state index in [9.17, 15) is 19.8 Å². The third-order valence-electron chi connectivity index (χ3n) is 15.3. The Morgan fingerprint density at radius 3 is 1.05 bits per heavy atom. The first kappa shape index (κ1) is 72.8. The molecule has 0 bridgehead atoms. The molecule has 3 N–H and O–H groups in total. The molecule has 0 fully saturated rings. The standard InChI is InChI=1S/C69H129NO5/c1-3-5-7-9-11-13-15-17-34-39-43-47-51-55-59-63-69(74)75-64-60-56-52-48-44-40-36-33-31-29-27-25-23-21-19-20-22-24-26-28-30-32-35-38-42-46-50-54-58-62-68(73)70-66(65-71)67(72)61-57-53-49-45-41-37-18-16-14-12-10-8-6-4-2/h11,13,17,19,21,34,57,61,66-67,71-72H,3-10,12,14-16,18,20,22-33,35-56,58-60,62-65H2,1-2H3,(H,70,73)/b13-11-,21-19-,34-17-,61-57+. The van der Waals surface area contributed by atoms with Crippen LogP contribution < -0.4 is 5.32 Å². The number of ether oxygens (including phenoxy) is 1. The van der Waals surface area contributed by atoms with Crippen molar-refractivity contribution in [1.82, 2.24) is 5.32 Å². The molecular formula is C69H129NO5. The van der Waals surface area contributed by atoms with Crippen LogP contribution in [0.1, 0.15) is 354 Å². The lowest BCUT2D eigenvalue weighted by molar-refractivity contribution is -0.143. The molecule has 0 aliphatic carbocycles. The fourth-order valence-corrected chi connectivity index (χ4v) is 10.2. The molecule has 0 saturated heterocycles. The second-order valence-corrected chi connectivity index (χ2v) is 22.8. The third-order valence-corrected chi connectivity index (χ3v) is 15.3.